The standard InChI is InChI=1S/C12H12ClF3N2O/c13-9-3-1-8(2-4-9)6-18-7-11(19)17-5-10(18)12(14,15)16/h1-4,10H,5-7H2,(H,17,19). The predicted molar refractivity (Wildman–Crippen MR) is 64.7 cm³/mol. The Morgan fingerprint density at radius 2 is 1.95 bits per heavy atom. The van der Waals surface area contributed by atoms with Gasteiger partial charge in [-0.05, 0) is 17.7 Å². The van der Waals surface area contributed by atoms with Gasteiger partial charge in [-0.15, -0.1) is 0 Å². The van der Waals surface area contributed by atoms with E-state index in [9.17, 15) is 18.0 Å². The molecule has 1 aromatic carbocycles. The number of benzene rings is 1. The van der Waals surface area contributed by atoms with E-state index >= 15 is 0 Å². The zero-order valence-electron chi connectivity index (χ0n) is 9.88. The molecule has 1 aliphatic heterocycles. The summed E-state index contributed by atoms with van der Waals surface area (Å²) in [5, 5.41) is 2.76. The third kappa shape index (κ3) is 3.61. The Morgan fingerprint density at radius 1 is 1.32 bits per heavy atom. The predicted octanol–water partition coefficient (Wildman–Crippen LogP) is 2.20. The first kappa shape index (κ1) is 14.1. The molecule has 3 nitrogen and oxygen atoms in total. The highest BCUT2D eigenvalue weighted by Crippen LogP contribution is 2.27. The fourth-order valence-corrected chi connectivity index (χ4v) is 2.13. The zero-order chi connectivity index (χ0) is 14.0. The van der Waals surface area contributed by atoms with Gasteiger partial charge in [-0.3, -0.25) is 9.69 Å². The van der Waals surface area contributed by atoms with Crippen LogP contribution in [0.2, 0.25) is 5.02 Å². The number of rotatable bonds is 2. The number of amides is 1. The highest BCUT2D eigenvalue weighted by atomic mass is 35.5. The van der Waals surface area contributed by atoms with Gasteiger partial charge in [-0.25, -0.2) is 0 Å². The number of piperazine rings is 1. The van der Waals surface area contributed by atoms with Gasteiger partial charge in [-0.2, -0.15) is 13.2 Å². The minimum atomic E-state index is -4.36. The summed E-state index contributed by atoms with van der Waals surface area (Å²) in [5.41, 5.74) is 0.688. The minimum absolute atomic E-state index is 0.0643. The molecule has 1 aromatic rings. The van der Waals surface area contributed by atoms with Crippen LogP contribution < -0.4 is 5.32 Å². The van der Waals surface area contributed by atoms with Gasteiger partial charge in [0.05, 0.1) is 6.54 Å². The number of halogens is 4. The van der Waals surface area contributed by atoms with Gasteiger partial charge in [0.25, 0.3) is 0 Å². The average Bonchev–Trinajstić information content (AvgIpc) is 2.30. The quantitative estimate of drug-likeness (QED) is 0.906. The normalized spacial score (nSPS) is 21.3. The van der Waals surface area contributed by atoms with Crippen LogP contribution in [0, 0.1) is 0 Å². The summed E-state index contributed by atoms with van der Waals surface area (Å²) in [6.07, 6.45) is -4.36. The largest absolute Gasteiger partial charge is 0.405 e. The van der Waals surface area contributed by atoms with Gasteiger partial charge in [0.15, 0.2) is 0 Å². The van der Waals surface area contributed by atoms with Gasteiger partial charge in [0, 0.05) is 18.1 Å². The van der Waals surface area contributed by atoms with Crippen LogP contribution in [0.25, 0.3) is 0 Å². The molecule has 0 aromatic heterocycles. The highest BCUT2D eigenvalue weighted by Gasteiger charge is 2.46. The lowest BCUT2D eigenvalue weighted by Gasteiger charge is -2.36. The highest BCUT2D eigenvalue weighted by molar-refractivity contribution is 6.30. The Labute approximate surface area is 113 Å². The van der Waals surface area contributed by atoms with Crippen molar-refractivity contribution in [1.29, 1.82) is 0 Å². The molecule has 19 heavy (non-hydrogen) atoms. The first-order chi connectivity index (χ1) is 8.86. The van der Waals surface area contributed by atoms with E-state index in [0.29, 0.717) is 10.6 Å². The first-order valence-corrected chi connectivity index (χ1v) is 6.06. The topological polar surface area (TPSA) is 32.3 Å². The summed E-state index contributed by atoms with van der Waals surface area (Å²) >= 11 is 5.72. The molecule has 1 amide bonds. The molecule has 2 rings (SSSR count). The minimum Gasteiger partial charge on any atom is -0.353 e. The van der Waals surface area contributed by atoms with Crippen LogP contribution in [-0.2, 0) is 11.3 Å². The monoisotopic (exact) mass is 292 g/mol. The Bertz CT molecular complexity index is 461. The Balaban J connectivity index is 2.14. The number of hydrogen-bond acceptors (Lipinski definition) is 2. The molecular weight excluding hydrogens is 281 g/mol. The number of carbonyl (C=O) groups is 1. The first-order valence-electron chi connectivity index (χ1n) is 5.68. The molecule has 1 saturated heterocycles. The van der Waals surface area contributed by atoms with Gasteiger partial charge in [0.2, 0.25) is 5.91 Å². The van der Waals surface area contributed by atoms with E-state index < -0.39 is 24.7 Å². The van der Waals surface area contributed by atoms with Crippen molar-refractivity contribution in [3.63, 3.8) is 0 Å². The molecule has 104 valence electrons. The van der Waals surface area contributed by atoms with Crippen molar-refractivity contribution in [2.24, 2.45) is 0 Å². The molecule has 1 atom stereocenters. The summed E-state index contributed by atoms with van der Waals surface area (Å²) in [7, 11) is 0. The molecule has 0 radical (unpaired) electrons. The molecular formula is C12H12ClF3N2O. The Kier molecular flexibility index (Phi) is 4.01. The second-order valence-electron chi connectivity index (χ2n) is 4.39. The number of nitrogens with zero attached hydrogens (tertiary/aromatic N) is 1. The van der Waals surface area contributed by atoms with E-state index in [2.05, 4.69) is 5.32 Å². The summed E-state index contributed by atoms with van der Waals surface area (Å²) in [6, 6.07) is 4.89. The van der Waals surface area contributed by atoms with Gasteiger partial charge in [-0.1, -0.05) is 23.7 Å². The molecule has 0 saturated carbocycles. The van der Waals surface area contributed by atoms with Crippen LogP contribution in [0.1, 0.15) is 5.56 Å². The Hall–Kier alpha value is -1.27. The van der Waals surface area contributed by atoms with E-state index in [1.165, 1.54) is 0 Å². The maximum Gasteiger partial charge on any atom is 0.405 e. The van der Waals surface area contributed by atoms with Crippen molar-refractivity contribution in [3.8, 4) is 0 Å². The van der Waals surface area contributed by atoms with E-state index in [1.54, 1.807) is 24.3 Å². The van der Waals surface area contributed by atoms with Gasteiger partial charge in [0.1, 0.15) is 6.04 Å². The van der Waals surface area contributed by atoms with Crippen molar-refractivity contribution >= 4 is 17.5 Å². The number of carbonyl (C=O) groups excluding carboxylic acids is 1. The van der Waals surface area contributed by atoms with Gasteiger partial charge < -0.3 is 5.32 Å². The number of nitrogens with one attached hydrogen (secondary N) is 1. The summed E-state index contributed by atoms with van der Waals surface area (Å²) < 4.78 is 38.6. The third-order valence-corrected chi connectivity index (χ3v) is 3.21. The van der Waals surface area contributed by atoms with E-state index in [1.807, 2.05) is 0 Å². The fourth-order valence-electron chi connectivity index (χ4n) is 2.00. The molecule has 1 unspecified atom stereocenters. The zero-order valence-corrected chi connectivity index (χ0v) is 10.6. The second-order valence-corrected chi connectivity index (χ2v) is 4.83. The lowest BCUT2D eigenvalue weighted by atomic mass is 10.1. The van der Waals surface area contributed by atoms with Crippen molar-refractivity contribution in [2.75, 3.05) is 13.1 Å². The van der Waals surface area contributed by atoms with Gasteiger partial charge >= 0.3 is 6.18 Å². The lowest BCUT2D eigenvalue weighted by Crippen LogP contribution is -2.59. The maximum absolute atomic E-state index is 12.9. The van der Waals surface area contributed by atoms with Crippen LogP contribution >= 0.6 is 11.6 Å². The lowest BCUT2D eigenvalue weighted by molar-refractivity contribution is -0.190. The number of hydrogen-bond donors (Lipinski definition) is 1. The second kappa shape index (κ2) is 5.38. The van der Waals surface area contributed by atoms with Crippen LogP contribution in [-0.4, -0.2) is 36.1 Å². The summed E-state index contributed by atoms with van der Waals surface area (Å²) in [4.78, 5) is 12.4. The van der Waals surface area contributed by atoms with Crippen LogP contribution in [0.3, 0.4) is 0 Å². The van der Waals surface area contributed by atoms with Crippen LogP contribution in [0.15, 0.2) is 24.3 Å². The number of alkyl halides is 3. The molecule has 0 bridgehead atoms. The molecule has 1 heterocycles. The van der Waals surface area contributed by atoms with E-state index in [0.717, 1.165) is 4.90 Å². The van der Waals surface area contributed by atoms with Crippen molar-refractivity contribution in [2.45, 2.75) is 18.8 Å². The average molecular weight is 293 g/mol. The summed E-state index contributed by atoms with van der Waals surface area (Å²) in [5.74, 6) is -0.394. The van der Waals surface area contributed by atoms with Crippen molar-refractivity contribution in [1.82, 2.24) is 10.2 Å². The van der Waals surface area contributed by atoms with Crippen LogP contribution in [0.4, 0.5) is 13.2 Å². The van der Waals surface area contributed by atoms with E-state index in [-0.39, 0.29) is 13.1 Å². The molecule has 0 aliphatic carbocycles. The van der Waals surface area contributed by atoms with Crippen molar-refractivity contribution < 1.29 is 18.0 Å². The summed E-state index contributed by atoms with van der Waals surface area (Å²) in [6.45, 7) is -0.600. The van der Waals surface area contributed by atoms with Crippen LogP contribution in [0.5, 0.6) is 0 Å². The molecule has 0 spiro atoms. The maximum atomic E-state index is 12.9. The smallest absolute Gasteiger partial charge is 0.353 e. The molecule has 1 aliphatic rings. The Morgan fingerprint density at radius 3 is 2.53 bits per heavy atom. The molecule has 1 fully saturated rings. The van der Waals surface area contributed by atoms with Crippen molar-refractivity contribution in [3.05, 3.63) is 34.9 Å². The van der Waals surface area contributed by atoms with E-state index in [4.69, 9.17) is 11.6 Å². The SMILES string of the molecule is O=C1CN(Cc2ccc(Cl)cc2)C(C(F)(F)F)CN1. The molecule has 7 heteroatoms. The molecule has 1 N–H and O–H groups in total. The third-order valence-electron chi connectivity index (χ3n) is 2.96. The fraction of sp³-hybridized carbons (Fsp3) is 0.417.